The first-order valence-electron chi connectivity index (χ1n) is 9.95. The molecule has 1 fully saturated rings. The van der Waals surface area contributed by atoms with E-state index in [2.05, 4.69) is 15.6 Å². The topological polar surface area (TPSA) is 96.5 Å². The minimum Gasteiger partial charge on any atom is -0.489 e. The third-order valence-electron chi connectivity index (χ3n) is 4.75. The summed E-state index contributed by atoms with van der Waals surface area (Å²) in [4.78, 5) is 12.6. The number of anilines is 1. The molecule has 3 N–H and O–H groups in total. The molecule has 0 heterocycles. The summed E-state index contributed by atoms with van der Waals surface area (Å²) >= 11 is 0. The van der Waals surface area contributed by atoms with Gasteiger partial charge in [0.25, 0.3) is 5.91 Å². The summed E-state index contributed by atoms with van der Waals surface area (Å²) in [6.45, 7) is 0.412. The molecule has 7 nitrogen and oxygen atoms in total. The average molecular weight is 438 g/mol. The van der Waals surface area contributed by atoms with Gasteiger partial charge in [-0.2, -0.15) is 0 Å². The first-order valence-corrected chi connectivity index (χ1v) is 11.4. The smallest absolute Gasteiger partial charge is 0.269 e. The van der Waals surface area contributed by atoms with Crippen LogP contribution in [-0.2, 0) is 16.6 Å². The van der Waals surface area contributed by atoms with Crippen LogP contribution < -0.4 is 20.3 Å². The van der Waals surface area contributed by atoms with Crippen molar-refractivity contribution in [2.75, 3.05) is 5.43 Å². The molecule has 0 aliphatic heterocycles. The van der Waals surface area contributed by atoms with Crippen LogP contribution in [0.1, 0.15) is 28.8 Å². The van der Waals surface area contributed by atoms with E-state index in [1.54, 1.807) is 24.3 Å². The number of nitrogens with one attached hydrogen (secondary N) is 3. The van der Waals surface area contributed by atoms with Crippen molar-refractivity contribution >= 4 is 21.6 Å². The molecule has 1 amide bonds. The quantitative estimate of drug-likeness (QED) is 0.446. The van der Waals surface area contributed by atoms with Crippen LogP contribution in [0.15, 0.2) is 83.8 Å². The summed E-state index contributed by atoms with van der Waals surface area (Å²) in [5.74, 6) is 0.485. The number of amides is 1. The molecule has 4 rings (SSSR count). The molecule has 0 spiro atoms. The number of sulfonamides is 1. The van der Waals surface area contributed by atoms with E-state index in [0.29, 0.717) is 17.9 Å². The van der Waals surface area contributed by atoms with Crippen LogP contribution in [0.3, 0.4) is 0 Å². The number of hydrogen-bond donors (Lipinski definition) is 3. The van der Waals surface area contributed by atoms with Gasteiger partial charge in [-0.1, -0.05) is 30.3 Å². The van der Waals surface area contributed by atoms with Gasteiger partial charge in [-0.3, -0.25) is 15.6 Å². The molecule has 1 aliphatic carbocycles. The van der Waals surface area contributed by atoms with Crippen LogP contribution in [0.5, 0.6) is 5.75 Å². The summed E-state index contributed by atoms with van der Waals surface area (Å²) < 4.78 is 32.7. The molecule has 1 aliphatic rings. The molecular weight excluding hydrogens is 414 g/mol. The highest BCUT2D eigenvalue weighted by Gasteiger charge is 2.27. The highest BCUT2D eigenvalue weighted by Crippen LogP contribution is 2.22. The number of para-hydroxylation sites is 1. The van der Waals surface area contributed by atoms with E-state index in [0.717, 1.165) is 24.2 Å². The van der Waals surface area contributed by atoms with Crippen LogP contribution in [0, 0.1) is 0 Å². The predicted molar refractivity (Wildman–Crippen MR) is 118 cm³/mol. The van der Waals surface area contributed by atoms with E-state index in [1.807, 2.05) is 42.5 Å². The Morgan fingerprint density at radius 1 is 0.903 bits per heavy atom. The number of carbonyl (C=O) groups is 1. The number of benzene rings is 3. The zero-order chi connectivity index (χ0) is 21.7. The van der Waals surface area contributed by atoms with Crippen molar-refractivity contribution in [2.45, 2.75) is 30.4 Å². The second-order valence-electron chi connectivity index (χ2n) is 7.30. The van der Waals surface area contributed by atoms with E-state index in [-0.39, 0.29) is 16.8 Å². The minimum absolute atomic E-state index is 0.0541. The molecule has 0 saturated heterocycles. The van der Waals surface area contributed by atoms with E-state index in [1.165, 1.54) is 12.1 Å². The molecule has 1 saturated carbocycles. The highest BCUT2D eigenvalue weighted by molar-refractivity contribution is 7.89. The summed E-state index contributed by atoms with van der Waals surface area (Å²) in [7, 11) is -3.49. The fraction of sp³-hybridized carbons (Fsp3) is 0.174. The van der Waals surface area contributed by atoms with E-state index in [9.17, 15) is 13.2 Å². The largest absolute Gasteiger partial charge is 0.489 e. The minimum atomic E-state index is -3.49. The fourth-order valence-electron chi connectivity index (χ4n) is 2.84. The first kappa shape index (κ1) is 20.9. The Hall–Kier alpha value is -3.36. The first-order chi connectivity index (χ1) is 15.0. The maximum atomic E-state index is 12.4. The van der Waals surface area contributed by atoms with Gasteiger partial charge in [0.1, 0.15) is 12.4 Å². The number of ether oxygens (including phenoxy) is 1. The molecular formula is C23H23N3O4S. The Kier molecular flexibility index (Phi) is 6.20. The Labute approximate surface area is 181 Å². The summed E-state index contributed by atoms with van der Waals surface area (Å²) in [6, 6.07) is 22.9. The van der Waals surface area contributed by atoms with Crippen molar-refractivity contribution in [3.8, 4) is 5.75 Å². The Morgan fingerprint density at radius 2 is 1.58 bits per heavy atom. The lowest BCUT2D eigenvalue weighted by Crippen LogP contribution is -2.29. The molecule has 0 atom stereocenters. The van der Waals surface area contributed by atoms with Gasteiger partial charge >= 0.3 is 0 Å². The van der Waals surface area contributed by atoms with Crippen molar-refractivity contribution in [1.29, 1.82) is 0 Å². The van der Waals surface area contributed by atoms with E-state index >= 15 is 0 Å². The van der Waals surface area contributed by atoms with Gasteiger partial charge in [-0.05, 0) is 66.9 Å². The predicted octanol–water partition coefficient (Wildman–Crippen LogP) is 3.46. The standard InChI is InChI=1S/C23H23N3O4S/c27-23(18-8-6-17(7-9-18)16-30-21-4-2-1-3-5-21)25-24-19-12-14-22(15-13-19)31(28,29)26-20-10-11-20/h1-9,12-15,20,24,26H,10-11,16H2,(H,25,27). The van der Waals surface area contributed by atoms with Gasteiger partial charge in [0, 0.05) is 11.6 Å². The molecule has 0 radical (unpaired) electrons. The van der Waals surface area contributed by atoms with Crippen molar-refractivity contribution in [2.24, 2.45) is 0 Å². The van der Waals surface area contributed by atoms with Crippen molar-refractivity contribution in [3.63, 3.8) is 0 Å². The second kappa shape index (κ2) is 9.20. The maximum Gasteiger partial charge on any atom is 0.269 e. The SMILES string of the molecule is O=C(NNc1ccc(S(=O)(=O)NC2CC2)cc1)c1ccc(COc2ccccc2)cc1. The maximum absolute atomic E-state index is 12.4. The third-order valence-corrected chi connectivity index (χ3v) is 6.29. The number of carbonyl (C=O) groups excluding carboxylic acids is 1. The zero-order valence-corrected chi connectivity index (χ0v) is 17.6. The van der Waals surface area contributed by atoms with Gasteiger partial charge < -0.3 is 4.74 Å². The van der Waals surface area contributed by atoms with Gasteiger partial charge in [0.05, 0.1) is 10.6 Å². The van der Waals surface area contributed by atoms with Gasteiger partial charge in [-0.15, -0.1) is 0 Å². The number of rotatable bonds is 9. The number of hydrazine groups is 1. The van der Waals surface area contributed by atoms with E-state index in [4.69, 9.17) is 4.74 Å². The van der Waals surface area contributed by atoms with Crippen LogP contribution in [-0.4, -0.2) is 20.4 Å². The lowest BCUT2D eigenvalue weighted by molar-refractivity contribution is 0.0962. The van der Waals surface area contributed by atoms with Crippen molar-refractivity contribution in [1.82, 2.24) is 10.1 Å². The van der Waals surface area contributed by atoms with Gasteiger partial charge in [0.15, 0.2) is 0 Å². The molecule has 0 unspecified atom stereocenters. The van der Waals surface area contributed by atoms with Crippen LogP contribution in [0.25, 0.3) is 0 Å². The summed E-state index contributed by atoms with van der Waals surface area (Å²) in [6.07, 6.45) is 1.76. The normalized spacial score (nSPS) is 13.4. The average Bonchev–Trinajstić information content (AvgIpc) is 3.61. The third kappa shape index (κ3) is 5.84. The van der Waals surface area contributed by atoms with Crippen LogP contribution >= 0.6 is 0 Å². The lowest BCUT2D eigenvalue weighted by atomic mass is 10.1. The van der Waals surface area contributed by atoms with Gasteiger partial charge in [-0.25, -0.2) is 13.1 Å². The van der Waals surface area contributed by atoms with Crippen molar-refractivity contribution in [3.05, 3.63) is 90.0 Å². The fourth-order valence-corrected chi connectivity index (χ4v) is 4.15. The monoisotopic (exact) mass is 437 g/mol. The van der Waals surface area contributed by atoms with Crippen LogP contribution in [0.2, 0.25) is 0 Å². The molecule has 31 heavy (non-hydrogen) atoms. The molecule has 0 bridgehead atoms. The Balaban J connectivity index is 1.28. The molecule has 8 heteroatoms. The highest BCUT2D eigenvalue weighted by atomic mass is 32.2. The van der Waals surface area contributed by atoms with Crippen LogP contribution in [0.4, 0.5) is 5.69 Å². The second-order valence-corrected chi connectivity index (χ2v) is 9.01. The lowest BCUT2D eigenvalue weighted by Gasteiger charge is -2.11. The van der Waals surface area contributed by atoms with Gasteiger partial charge in [0.2, 0.25) is 10.0 Å². The molecule has 3 aromatic rings. The summed E-state index contributed by atoms with van der Waals surface area (Å²) in [5, 5.41) is 0. The molecule has 160 valence electrons. The molecule has 3 aromatic carbocycles. The van der Waals surface area contributed by atoms with Crippen molar-refractivity contribution < 1.29 is 17.9 Å². The molecule has 0 aromatic heterocycles. The number of hydrogen-bond acceptors (Lipinski definition) is 5. The Morgan fingerprint density at radius 3 is 2.23 bits per heavy atom. The van der Waals surface area contributed by atoms with E-state index < -0.39 is 10.0 Å². The summed E-state index contributed by atoms with van der Waals surface area (Å²) in [5.41, 5.74) is 7.42. The zero-order valence-electron chi connectivity index (χ0n) is 16.7. The Bertz CT molecular complexity index is 1130.